The standard InChI is InChI=1S/C16H25N3O/c17-12-16(20,14-6-7-14)13-18-8-10-19(11-9-18)15-4-2-1-3-5-15/h1-5,14,20H,6-13,17H2. The van der Waals surface area contributed by atoms with E-state index >= 15 is 0 Å². The number of aliphatic hydroxyl groups is 1. The van der Waals surface area contributed by atoms with E-state index in [1.54, 1.807) is 0 Å². The number of para-hydroxylation sites is 1. The minimum atomic E-state index is -0.658. The summed E-state index contributed by atoms with van der Waals surface area (Å²) in [7, 11) is 0. The summed E-state index contributed by atoms with van der Waals surface area (Å²) >= 11 is 0. The van der Waals surface area contributed by atoms with Crippen molar-refractivity contribution < 1.29 is 5.11 Å². The number of nitrogens with two attached hydrogens (primary N) is 1. The maximum Gasteiger partial charge on any atom is 0.0923 e. The first kappa shape index (κ1) is 13.9. The quantitative estimate of drug-likeness (QED) is 0.838. The molecule has 1 aromatic rings. The van der Waals surface area contributed by atoms with Gasteiger partial charge in [0.15, 0.2) is 0 Å². The minimum Gasteiger partial charge on any atom is -0.387 e. The third-order valence-corrected chi connectivity index (χ3v) is 4.68. The van der Waals surface area contributed by atoms with Crippen molar-refractivity contribution in [1.29, 1.82) is 0 Å². The lowest BCUT2D eigenvalue weighted by Gasteiger charge is -2.40. The van der Waals surface area contributed by atoms with Crippen LogP contribution in [0.4, 0.5) is 5.69 Å². The van der Waals surface area contributed by atoms with Crippen LogP contribution >= 0.6 is 0 Å². The molecular weight excluding hydrogens is 250 g/mol. The highest BCUT2D eigenvalue weighted by Crippen LogP contribution is 2.39. The zero-order valence-corrected chi connectivity index (χ0v) is 12.0. The fourth-order valence-corrected chi connectivity index (χ4v) is 3.17. The monoisotopic (exact) mass is 275 g/mol. The lowest BCUT2D eigenvalue weighted by atomic mass is 9.97. The van der Waals surface area contributed by atoms with Crippen LogP contribution in [-0.2, 0) is 0 Å². The van der Waals surface area contributed by atoms with Crippen LogP contribution in [0.5, 0.6) is 0 Å². The summed E-state index contributed by atoms with van der Waals surface area (Å²) in [4.78, 5) is 4.78. The molecule has 2 aliphatic rings. The van der Waals surface area contributed by atoms with E-state index in [9.17, 15) is 5.11 Å². The first-order chi connectivity index (χ1) is 9.71. The SMILES string of the molecule is NCC(O)(CN1CCN(c2ccccc2)CC1)C1CC1. The minimum absolute atomic E-state index is 0.385. The second kappa shape index (κ2) is 5.72. The maximum atomic E-state index is 10.6. The van der Waals surface area contributed by atoms with E-state index in [0.717, 1.165) is 45.6 Å². The molecule has 1 unspecified atom stereocenters. The molecule has 1 heterocycles. The highest BCUT2D eigenvalue weighted by molar-refractivity contribution is 5.46. The summed E-state index contributed by atoms with van der Waals surface area (Å²) in [5, 5.41) is 10.6. The van der Waals surface area contributed by atoms with Crippen molar-refractivity contribution in [3.63, 3.8) is 0 Å². The van der Waals surface area contributed by atoms with Gasteiger partial charge in [-0.05, 0) is 30.9 Å². The summed E-state index contributed by atoms with van der Waals surface area (Å²) < 4.78 is 0. The number of benzene rings is 1. The normalized spacial score (nSPS) is 23.6. The van der Waals surface area contributed by atoms with Crippen molar-refractivity contribution in [3.8, 4) is 0 Å². The fraction of sp³-hybridized carbons (Fsp3) is 0.625. The van der Waals surface area contributed by atoms with Gasteiger partial charge in [0, 0.05) is 45.0 Å². The number of piperazine rings is 1. The van der Waals surface area contributed by atoms with Crippen LogP contribution in [0.2, 0.25) is 0 Å². The van der Waals surface area contributed by atoms with Crippen molar-refractivity contribution in [1.82, 2.24) is 4.90 Å². The summed E-state index contributed by atoms with van der Waals surface area (Å²) in [6.45, 7) is 5.17. The Bertz CT molecular complexity index is 427. The molecule has 0 bridgehead atoms. The number of hydrogen-bond acceptors (Lipinski definition) is 4. The predicted molar refractivity (Wildman–Crippen MR) is 81.8 cm³/mol. The van der Waals surface area contributed by atoms with Gasteiger partial charge in [0.2, 0.25) is 0 Å². The molecule has 1 atom stereocenters. The van der Waals surface area contributed by atoms with Crippen LogP contribution in [-0.4, -0.2) is 54.9 Å². The van der Waals surface area contributed by atoms with Gasteiger partial charge < -0.3 is 15.7 Å². The third-order valence-electron chi connectivity index (χ3n) is 4.68. The summed E-state index contributed by atoms with van der Waals surface area (Å²) in [6, 6.07) is 10.5. The van der Waals surface area contributed by atoms with Gasteiger partial charge in [0.25, 0.3) is 0 Å². The molecule has 1 aromatic carbocycles. The predicted octanol–water partition coefficient (Wildman–Crippen LogP) is 0.908. The fourth-order valence-electron chi connectivity index (χ4n) is 3.17. The Hall–Kier alpha value is -1.10. The molecule has 0 radical (unpaired) electrons. The van der Waals surface area contributed by atoms with Crippen molar-refractivity contribution in [2.24, 2.45) is 11.7 Å². The Morgan fingerprint density at radius 2 is 1.75 bits per heavy atom. The second-order valence-electron chi connectivity index (χ2n) is 6.18. The van der Waals surface area contributed by atoms with E-state index in [2.05, 4.69) is 40.1 Å². The number of rotatable bonds is 5. The third kappa shape index (κ3) is 2.97. The molecule has 0 spiro atoms. The van der Waals surface area contributed by atoms with Gasteiger partial charge in [-0.25, -0.2) is 0 Å². The van der Waals surface area contributed by atoms with E-state index in [1.165, 1.54) is 5.69 Å². The molecule has 2 fully saturated rings. The Labute approximate surface area is 121 Å². The number of nitrogens with zero attached hydrogens (tertiary/aromatic N) is 2. The van der Waals surface area contributed by atoms with Crippen LogP contribution in [0.15, 0.2) is 30.3 Å². The van der Waals surface area contributed by atoms with Crippen molar-refractivity contribution in [2.45, 2.75) is 18.4 Å². The van der Waals surface area contributed by atoms with E-state index < -0.39 is 5.60 Å². The Morgan fingerprint density at radius 3 is 2.30 bits per heavy atom. The molecule has 1 saturated carbocycles. The first-order valence-electron chi connectivity index (χ1n) is 7.66. The molecular formula is C16H25N3O. The molecule has 1 aliphatic carbocycles. The topological polar surface area (TPSA) is 52.7 Å². The molecule has 0 aromatic heterocycles. The van der Waals surface area contributed by atoms with Gasteiger partial charge in [-0.3, -0.25) is 4.90 Å². The van der Waals surface area contributed by atoms with Gasteiger partial charge in [0.05, 0.1) is 5.60 Å². The van der Waals surface area contributed by atoms with Gasteiger partial charge >= 0.3 is 0 Å². The summed E-state index contributed by atoms with van der Waals surface area (Å²) in [5.41, 5.74) is 6.43. The highest BCUT2D eigenvalue weighted by atomic mass is 16.3. The van der Waals surface area contributed by atoms with Gasteiger partial charge in [-0.2, -0.15) is 0 Å². The number of hydrogen-bond donors (Lipinski definition) is 2. The van der Waals surface area contributed by atoms with Crippen LogP contribution in [0.3, 0.4) is 0 Å². The van der Waals surface area contributed by atoms with E-state index in [0.29, 0.717) is 12.5 Å². The van der Waals surface area contributed by atoms with E-state index in [4.69, 9.17) is 5.73 Å². The number of anilines is 1. The molecule has 3 rings (SSSR count). The van der Waals surface area contributed by atoms with E-state index in [-0.39, 0.29) is 0 Å². The highest BCUT2D eigenvalue weighted by Gasteiger charge is 2.43. The molecule has 4 nitrogen and oxygen atoms in total. The molecule has 1 aliphatic heterocycles. The van der Waals surface area contributed by atoms with Crippen molar-refractivity contribution in [3.05, 3.63) is 30.3 Å². The summed E-state index contributed by atoms with van der Waals surface area (Å²) in [6.07, 6.45) is 2.27. The number of β-amino-alcohol motifs (C(OH)–C–C–N with tert-alkyl or cyclic N) is 1. The zero-order chi connectivity index (χ0) is 14.0. The lowest BCUT2D eigenvalue weighted by molar-refractivity contribution is -0.00941. The Morgan fingerprint density at radius 1 is 1.10 bits per heavy atom. The zero-order valence-electron chi connectivity index (χ0n) is 12.0. The Balaban J connectivity index is 1.53. The molecule has 4 heteroatoms. The lowest BCUT2D eigenvalue weighted by Crippen LogP contribution is -2.55. The summed E-state index contributed by atoms with van der Waals surface area (Å²) in [5.74, 6) is 0.430. The van der Waals surface area contributed by atoms with Crippen molar-refractivity contribution >= 4 is 5.69 Å². The van der Waals surface area contributed by atoms with Gasteiger partial charge in [-0.1, -0.05) is 18.2 Å². The van der Waals surface area contributed by atoms with E-state index in [1.807, 2.05) is 0 Å². The smallest absolute Gasteiger partial charge is 0.0923 e. The first-order valence-corrected chi connectivity index (χ1v) is 7.66. The molecule has 110 valence electrons. The maximum absolute atomic E-state index is 10.6. The molecule has 0 amide bonds. The van der Waals surface area contributed by atoms with Crippen LogP contribution < -0.4 is 10.6 Å². The molecule has 3 N–H and O–H groups in total. The van der Waals surface area contributed by atoms with Gasteiger partial charge in [0.1, 0.15) is 0 Å². The van der Waals surface area contributed by atoms with Gasteiger partial charge in [-0.15, -0.1) is 0 Å². The Kier molecular flexibility index (Phi) is 3.96. The van der Waals surface area contributed by atoms with Crippen LogP contribution in [0, 0.1) is 5.92 Å². The van der Waals surface area contributed by atoms with Crippen LogP contribution in [0.25, 0.3) is 0 Å². The van der Waals surface area contributed by atoms with Crippen LogP contribution in [0.1, 0.15) is 12.8 Å². The second-order valence-corrected chi connectivity index (χ2v) is 6.18. The average molecular weight is 275 g/mol. The largest absolute Gasteiger partial charge is 0.387 e. The van der Waals surface area contributed by atoms with Crippen molar-refractivity contribution in [2.75, 3.05) is 44.2 Å². The average Bonchev–Trinajstić information content (AvgIpc) is 3.34. The molecule has 1 saturated heterocycles. The molecule has 20 heavy (non-hydrogen) atoms.